The summed E-state index contributed by atoms with van der Waals surface area (Å²) in [5, 5.41) is 19.1. The minimum absolute atomic E-state index is 0.0393. The van der Waals surface area contributed by atoms with Crippen molar-refractivity contribution in [2.24, 2.45) is 7.05 Å². The number of pyridine rings is 2. The van der Waals surface area contributed by atoms with Gasteiger partial charge in [-0.1, -0.05) is 12.1 Å². The van der Waals surface area contributed by atoms with E-state index in [0.29, 0.717) is 48.5 Å². The molecule has 1 aliphatic rings. The van der Waals surface area contributed by atoms with E-state index in [1.807, 2.05) is 17.0 Å². The second kappa shape index (κ2) is 8.41. The number of nitrogens with zero attached hydrogens (tertiary/aromatic N) is 6. The highest BCUT2D eigenvalue weighted by molar-refractivity contribution is 5.92. The Bertz CT molecular complexity index is 1350. The molecule has 2 aromatic heterocycles. The Morgan fingerprint density at radius 2 is 1.97 bits per heavy atom. The molecule has 1 saturated heterocycles. The second-order valence-corrected chi connectivity index (χ2v) is 8.22. The number of hydrogen-bond donors (Lipinski definition) is 0. The molecule has 1 aromatic carbocycles. The molecule has 162 valence electrons. The van der Waals surface area contributed by atoms with Gasteiger partial charge in [0.15, 0.2) is 0 Å². The van der Waals surface area contributed by atoms with Crippen LogP contribution in [-0.2, 0) is 13.6 Å². The van der Waals surface area contributed by atoms with Crippen LogP contribution in [0.2, 0.25) is 0 Å². The van der Waals surface area contributed by atoms with Crippen LogP contribution in [0.15, 0.2) is 35.1 Å². The molecule has 0 radical (unpaired) electrons. The van der Waals surface area contributed by atoms with Crippen molar-refractivity contribution in [1.29, 1.82) is 10.5 Å². The van der Waals surface area contributed by atoms with Crippen molar-refractivity contribution in [3.05, 3.63) is 68.9 Å². The Balaban J connectivity index is 1.69. The minimum Gasteiger partial charge on any atom is -0.366 e. The number of anilines is 1. The van der Waals surface area contributed by atoms with Gasteiger partial charge in [-0.05, 0) is 43.2 Å². The fourth-order valence-electron chi connectivity index (χ4n) is 4.34. The summed E-state index contributed by atoms with van der Waals surface area (Å²) >= 11 is 0. The molecule has 0 saturated carbocycles. The minimum atomic E-state index is -0.377. The van der Waals surface area contributed by atoms with Gasteiger partial charge in [0.25, 0.3) is 5.56 Å². The van der Waals surface area contributed by atoms with Crippen molar-refractivity contribution in [3.8, 4) is 12.1 Å². The number of halogens is 1. The van der Waals surface area contributed by atoms with Gasteiger partial charge in [-0.25, -0.2) is 9.37 Å². The summed E-state index contributed by atoms with van der Waals surface area (Å²) in [5.41, 5.74) is 3.12. The zero-order valence-corrected chi connectivity index (χ0v) is 18.3. The van der Waals surface area contributed by atoms with Crippen LogP contribution >= 0.6 is 0 Å². The van der Waals surface area contributed by atoms with E-state index in [1.54, 1.807) is 32.2 Å². The fraction of sp³-hybridized carbons (Fsp3) is 0.333. The molecule has 0 bridgehead atoms. The number of aromatic nitrogens is 2. The van der Waals surface area contributed by atoms with Crippen molar-refractivity contribution >= 4 is 16.7 Å². The van der Waals surface area contributed by atoms with E-state index in [9.17, 15) is 19.7 Å². The lowest BCUT2D eigenvalue weighted by Crippen LogP contribution is -2.52. The average Bonchev–Trinajstić information content (AvgIpc) is 2.79. The molecule has 0 spiro atoms. The number of nitriles is 2. The molecule has 0 N–H and O–H groups in total. The highest BCUT2D eigenvalue weighted by Crippen LogP contribution is 2.29. The monoisotopic (exact) mass is 430 g/mol. The largest absolute Gasteiger partial charge is 0.366 e. The molecule has 0 unspecified atom stereocenters. The maximum atomic E-state index is 13.6. The third-order valence-electron chi connectivity index (χ3n) is 6.13. The Labute approximate surface area is 185 Å². The Morgan fingerprint density at radius 1 is 1.19 bits per heavy atom. The van der Waals surface area contributed by atoms with Crippen LogP contribution in [0.3, 0.4) is 0 Å². The van der Waals surface area contributed by atoms with Gasteiger partial charge in [0, 0.05) is 39.3 Å². The molecule has 1 aliphatic heterocycles. The van der Waals surface area contributed by atoms with E-state index >= 15 is 0 Å². The van der Waals surface area contributed by atoms with Gasteiger partial charge in [-0.15, -0.1) is 0 Å². The molecule has 8 heteroatoms. The molecule has 4 rings (SSSR count). The van der Waals surface area contributed by atoms with Gasteiger partial charge >= 0.3 is 0 Å². The fourth-order valence-corrected chi connectivity index (χ4v) is 4.34. The Hall–Kier alpha value is -3.75. The Morgan fingerprint density at radius 3 is 2.62 bits per heavy atom. The van der Waals surface area contributed by atoms with E-state index in [-0.39, 0.29) is 28.7 Å². The van der Waals surface area contributed by atoms with Crippen LogP contribution in [0.4, 0.5) is 10.1 Å². The molecule has 3 heterocycles. The highest BCUT2D eigenvalue weighted by Gasteiger charge is 2.29. The molecular weight excluding hydrogens is 407 g/mol. The SMILES string of the molecule is Cc1cc(CN2CCN(c3c(C#N)c(=O)n(C)c4ccc(C#N)nc34)C[C@H]2C)ccc1F. The molecule has 32 heavy (non-hydrogen) atoms. The lowest BCUT2D eigenvalue weighted by Gasteiger charge is -2.41. The summed E-state index contributed by atoms with van der Waals surface area (Å²) in [5.74, 6) is -0.211. The number of hydrogen-bond acceptors (Lipinski definition) is 6. The third-order valence-corrected chi connectivity index (χ3v) is 6.13. The molecular formula is C24H23FN6O. The summed E-state index contributed by atoms with van der Waals surface area (Å²) < 4.78 is 15.0. The van der Waals surface area contributed by atoms with Crippen LogP contribution < -0.4 is 10.5 Å². The maximum Gasteiger partial charge on any atom is 0.270 e. The van der Waals surface area contributed by atoms with E-state index < -0.39 is 0 Å². The van der Waals surface area contributed by atoms with Crippen molar-refractivity contribution in [2.75, 3.05) is 24.5 Å². The van der Waals surface area contributed by atoms with Gasteiger partial charge < -0.3 is 9.47 Å². The summed E-state index contributed by atoms with van der Waals surface area (Å²) in [6, 6.07) is 12.7. The van der Waals surface area contributed by atoms with Gasteiger partial charge in [0.1, 0.15) is 34.7 Å². The first-order valence-corrected chi connectivity index (χ1v) is 10.4. The lowest BCUT2D eigenvalue weighted by molar-refractivity contribution is 0.181. The first-order chi connectivity index (χ1) is 15.3. The predicted octanol–water partition coefficient (Wildman–Crippen LogP) is 2.84. The predicted molar refractivity (Wildman–Crippen MR) is 120 cm³/mol. The Kier molecular flexibility index (Phi) is 5.65. The van der Waals surface area contributed by atoms with E-state index in [2.05, 4.69) is 22.9 Å². The molecule has 1 fully saturated rings. The average molecular weight is 430 g/mol. The van der Waals surface area contributed by atoms with Gasteiger partial charge in [-0.3, -0.25) is 9.69 Å². The number of fused-ring (bicyclic) bond motifs is 1. The van der Waals surface area contributed by atoms with Crippen LogP contribution in [0, 0.1) is 35.4 Å². The lowest BCUT2D eigenvalue weighted by atomic mass is 10.1. The third kappa shape index (κ3) is 3.70. The zero-order valence-electron chi connectivity index (χ0n) is 18.3. The van der Waals surface area contributed by atoms with Crippen LogP contribution in [0.1, 0.15) is 29.3 Å². The first-order valence-electron chi connectivity index (χ1n) is 10.4. The van der Waals surface area contributed by atoms with Crippen molar-refractivity contribution in [2.45, 2.75) is 26.4 Å². The number of aryl methyl sites for hydroxylation is 2. The number of piperazine rings is 1. The molecule has 7 nitrogen and oxygen atoms in total. The summed E-state index contributed by atoms with van der Waals surface area (Å²) in [6.07, 6.45) is 0. The van der Waals surface area contributed by atoms with Gasteiger partial charge in [0.05, 0.1) is 11.2 Å². The molecule has 1 atom stereocenters. The van der Waals surface area contributed by atoms with Crippen molar-refractivity contribution in [3.63, 3.8) is 0 Å². The quantitative estimate of drug-likeness (QED) is 0.635. The normalized spacial score (nSPS) is 16.7. The zero-order chi connectivity index (χ0) is 23.0. The molecule has 3 aromatic rings. The summed E-state index contributed by atoms with van der Waals surface area (Å²) in [4.78, 5) is 21.6. The van der Waals surface area contributed by atoms with Gasteiger partial charge in [0.2, 0.25) is 0 Å². The summed E-state index contributed by atoms with van der Waals surface area (Å²) in [7, 11) is 1.61. The van der Waals surface area contributed by atoms with Crippen LogP contribution in [0.5, 0.6) is 0 Å². The standard InChI is InChI=1S/C24H23FN6O/c1-15-10-17(4-6-20(15)25)14-30-8-9-31(13-16(30)2)23-19(12-27)24(32)29(3)21-7-5-18(11-26)28-22(21)23/h4-7,10,16H,8-9,13-14H2,1-3H3/t16-/m1/s1. The van der Waals surface area contributed by atoms with Crippen molar-refractivity contribution < 1.29 is 4.39 Å². The highest BCUT2D eigenvalue weighted by atomic mass is 19.1. The topological polar surface area (TPSA) is 89.0 Å². The first kappa shape index (κ1) is 21.5. The van der Waals surface area contributed by atoms with E-state index in [1.165, 1.54) is 10.6 Å². The second-order valence-electron chi connectivity index (χ2n) is 8.22. The van der Waals surface area contributed by atoms with Gasteiger partial charge in [-0.2, -0.15) is 10.5 Å². The van der Waals surface area contributed by atoms with E-state index in [0.717, 1.165) is 5.56 Å². The summed E-state index contributed by atoms with van der Waals surface area (Å²) in [6.45, 7) is 6.43. The number of benzene rings is 1. The van der Waals surface area contributed by atoms with Crippen LogP contribution in [0.25, 0.3) is 11.0 Å². The smallest absolute Gasteiger partial charge is 0.270 e. The molecule has 0 amide bonds. The molecule has 0 aliphatic carbocycles. The van der Waals surface area contributed by atoms with E-state index in [4.69, 9.17) is 0 Å². The number of rotatable bonds is 3. The maximum absolute atomic E-state index is 13.6. The van der Waals surface area contributed by atoms with Crippen molar-refractivity contribution in [1.82, 2.24) is 14.5 Å². The van der Waals surface area contributed by atoms with Crippen LogP contribution in [-0.4, -0.2) is 40.1 Å².